The topological polar surface area (TPSA) is 9.23 Å². The molecule has 0 heterocycles. The molecule has 0 fully saturated rings. The first kappa shape index (κ1) is 15.9. The molecule has 0 bridgehead atoms. The van der Waals surface area contributed by atoms with Crippen LogP contribution in [0, 0.1) is 5.82 Å². The third-order valence-electron chi connectivity index (χ3n) is 2.18. The first-order chi connectivity index (χ1) is 8.90. The smallest absolute Gasteiger partial charge is 0.158 e. The van der Waals surface area contributed by atoms with E-state index in [4.69, 9.17) is 4.74 Å². The molecule has 2 aromatic carbocycles. The number of ether oxygens (including phenoxy) is 1. The number of hydrogen-bond donors (Lipinski definition) is 0. The highest BCUT2D eigenvalue weighted by atomic mass is 79.9. The molecule has 0 spiro atoms. The van der Waals surface area contributed by atoms with E-state index in [1.54, 1.807) is 12.1 Å². The fraction of sp³-hybridized carbons (Fsp3) is 0. The molecule has 0 unspecified atom stereocenters. The van der Waals surface area contributed by atoms with Crippen molar-refractivity contribution in [1.29, 1.82) is 0 Å². The minimum atomic E-state index is -0.411. The van der Waals surface area contributed by atoms with Gasteiger partial charge in [-0.1, -0.05) is 15.9 Å². The molecule has 2 rings (SSSR count). The van der Waals surface area contributed by atoms with Gasteiger partial charge in [0.05, 0.1) is 17.9 Å². The van der Waals surface area contributed by atoms with E-state index in [9.17, 15) is 4.39 Å². The highest BCUT2D eigenvalue weighted by Gasteiger charge is 2.17. The zero-order valence-corrected chi connectivity index (χ0v) is 16.9. The van der Waals surface area contributed by atoms with Crippen LogP contribution in [0.3, 0.4) is 0 Å². The van der Waals surface area contributed by atoms with Crippen LogP contribution in [0.15, 0.2) is 46.6 Å². The summed E-state index contributed by atoms with van der Waals surface area (Å²) in [6, 6.07) is 7.08. The lowest BCUT2D eigenvalue weighted by Gasteiger charge is -2.13. The maximum Gasteiger partial charge on any atom is 0.158 e. The quantitative estimate of drug-likeness (QED) is 0.264. The number of rotatable bonds is 2. The second kappa shape index (κ2) is 6.56. The van der Waals surface area contributed by atoms with Crippen LogP contribution in [-0.2, 0) is 0 Å². The van der Waals surface area contributed by atoms with Crippen molar-refractivity contribution in [1.82, 2.24) is 0 Å². The summed E-state index contributed by atoms with van der Waals surface area (Å²) in [4.78, 5) is 0. The molecule has 19 heavy (non-hydrogen) atoms. The average Bonchev–Trinajstić information content (AvgIpc) is 2.34. The monoisotopic (exact) mass is 578 g/mol. The Balaban J connectivity index is 2.47. The summed E-state index contributed by atoms with van der Waals surface area (Å²) in [5.74, 6) is 0.557. The van der Waals surface area contributed by atoms with E-state index in [2.05, 4.69) is 79.6 Å². The highest BCUT2D eigenvalue weighted by molar-refractivity contribution is 9.12. The van der Waals surface area contributed by atoms with Gasteiger partial charge < -0.3 is 4.74 Å². The zero-order valence-electron chi connectivity index (χ0n) is 8.99. The standard InChI is InChI=1S/C12H4Br5FO/c13-5-1-2-9(6(14)3-5)19-12-8(16)4-7(15)11(18)10(12)17/h1-4H. The van der Waals surface area contributed by atoms with Crippen LogP contribution in [-0.4, -0.2) is 0 Å². The maximum absolute atomic E-state index is 13.8. The van der Waals surface area contributed by atoms with Crippen molar-refractivity contribution in [2.45, 2.75) is 0 Å². The largest absolute Gasteiger partial charge is 0.454 e. The Bertz CT molecular complexity index is 645. The van der Waals surface area contributed by atoms with Crippen LogP contribution in [0.5, 0.6) is 11.5 Å². The van der Waals surface area contributed by atoms with Gasteiger partial charge in [-0.2, -0.15) is 0 Å². The summed E-state index contributed by atoms with van der Waals surface area (Å²) in [6.07, 6.45) is 0. The van der Waals surface area contributed by atoms with E-state index in [1.165, 1.54) is 0 Å². The predicted octanol–water partition coefficient (Wildman–Crippen LogP) is 7.43. The first-order valence-electron chi connectivity index (χ1n) is 4.86. The molecule has 100 valence electrons. The van der Waals surface area contributed by atoms with Crippen molar-refractivity contribution in [2.24, 2.45) is 0 Å². The lowest BCUT2D eigenvalue weighted by molar-refractivity contribution is 0.465. The summed E-state index contributed by atoms with van der Waals surface area (Å²) < 4.78 is 22.5. The van der Waals surface area contributed by atoms with Gasteiger partial charge in [0.15, 0.2) is 11.6 Å². The summed E-state index contributed by atoms with van der Waals surface area (Å²) in [5, 5.41) is 0. The molecule has 0 atom stereocenters. The van der Waals surface area contributed by atoms with Crippen molar-refractivity contribution < 1.29 is 9.13 Å². The second-order valence-corrected chi connectivity index (χ2v) is 7.75. The zero-order chi connectivity index (χ0) is 14.2. The van der Waals surface area contributed by atoms with Gasteiger partial charge in [0.1, 0.15) is 5.75 Å². The lowest BCUT2D eigenvalue weighted by atomic mass is 10.3. The van der Waals surface area contributed by atoms with Crippen LogP contribution in [0.2, 0.25) is 0 Å². The van der Waals surface area contributed by atoms with Gasteiger partial charge in [0, 0.05) is 4.47 Å². The van der Waals surface area contributed by atoms with Gasteiger partial charge in [-0.05, 0) is 88.0 Å². The molecular formula is C12H4Br5FO. The fourth-order valence-electron chi connectivity index (χ4n) is 1.31. The van der Waals surface area contributed by atoms with Crippen molar-refractivity contribution in [3.63, 3.8) is 0 Å². The molecule has 0 N–H and O–H groups in total. The van der Waals surface area contributed by atoms with E-state index in [1.807, 2.05) is 12.1 Å². The normalized spacial score (nSPS) is 10.6. The van der Waals surface area contributed by atoms with Gasteiger partial charge in [-0.15, -0.1) is 0 Å². The molecule has 2 aromatic rings. The fourth-order valence-corrected chi connectivity index (χ4v) is 4.72. The molecule has 0 saturated carbocycles. The van der Waals surface area contributed by atoms with Gasteiger partial charge >= 0.3 is 0 Å². The molecule has 0 aliphatic heterocycles. The second-order valence-electron chi connectivity index (χ2n) is 3.47. The van der Waals surface area contributed by atoms with Gasteiger partial charge in [-0.3, -0.25) is 0 Å². The van der Waals surface area contributed by atoms with Crippen LogP contribution >= 0.6 is 79.6 Å². The molecule has 0 aromatic heterocycles. The van der Waals surface area contributed by atoms with Crippen LogP contribution in [0.25, 0.3) is 0 Å². The Morgan fingerprint density at radius 2 is 1.53 bits per heavy atom. The molecular weight excluding hydrogens is 579 g/mol. The van der Waals surface area contributed by atoms with Crippen molar-refractivity contribution in [3.05, 3.63) is 52.4 Å². The predicted molar refractivity (Wildman–Crippen MR) is 91.4 cm³/mol. The van der Waals surface area contributed by atoms with Crippen LogP contribution in [0.1, 0.15) is 0 Å². The summed E-state index contributed by atoms with van der Waals surface area (Å²) >= 11 is 16.4. The van der Waals surface area contributed by atoms with E-state index in [-0.39, 0.29) is 4.47 Å². The van der Waals surface area contributed by atoms with Crippen LogP contribution in [0.4, 0.5) is 4.39 Å². The minimum Gasteiger partial charge on any atom is -0.454 e. The molecule has 0 aliphatic carbocycles. The number of benzene rings is 2. The first-order valence-corrected chi connectivity index (χ1v) is 8.82. The van der Waals surface area contributed by atoms with Crippen molar-refractivity contribution in [2.75, 3.05) is 0 Å². The summed E-state index contributed by atoms with van der Waals surface area (Å²) in [7, 11) is 0. The lowest BCUT2D eigenvalue weighted by Crippen LogP contribution is -1.92. The summed E-state index contributed by atoms with van der Waals surface area (Å²) in [6.45, 7) is 0. The number of hydrogen-bond acceptors (Lipinski definition) is 1. The molecule has 7 heteroatoms. The minimum absolute atomic E-state index is 0.253. The van der Waals surface area contributed by atoms with E-state index in [0.29, 0.717) is 20.4 Å². The highest BCUT2D eigenvalue weighted by Crippen LogP contribution is 2.43. The Labute approximate surface area is 151 Å². The Morgan fingerprint density at radius 3 is 2.16 bits per heavy atom. The molecule has 0 saturated heterocycles. The Morgan fingerprint density at radius 1 is 0.842 bits per heavy atom. The van der Waals surface area contributed by atoms with Gasteiger partial charge in [-0.25, -0.2) is 4.39 Å². The third-order valence-corrected chi connectivity index (χ3v) is 5.17. The van der Waals surface area contributed by atoms with E-state index in [0.717, 1.165) is 8.95 Å². The maximum atomic E-state index is 13.8. The molecule has 0 amide bonds. The van der Waals surface area contributed by atoms with Gasteiger partial charge in [0.25, 0.3) is 0 Å². The van der Waals surface area contributed by atoms with E-state index >= 15 is 0 Å². The number of halogens is 6. The molecule has 1 nitrogen and oxygen atoms in total. The molecule has 0 aliphatic rings. The van der Waals surface area contributed by atoms with Crippen LogP contribution < -0.4 is 4.74 Å². The van der Waals surface area contributed by atoms with Crippen molar-refractivity contribution in [3.8, 4) is 11.5 Å². The third kappa shape index (κ3) is 3.61. The van der Waals surface area contributed by atoms with Crippen molar-refractivity contribution >= 4 is 79.6 Å². The Hall–Kier alpha value is 0.570. The Kier molecular flexibility index (Phi) is 5.50. The molecule has 0 radical (unpaired) electrons. The van der Waals surface area contributed by atoms with Gasteiger partial charge in [0.2, 0.25) is 0 Å². The summed E-state index contributed by atoms with van der Waals surface area (Å²) in [5.41, 5.74) is 0. The van der Waals surface area contributed by atoms with E-state index < -0.39 is 5.82 Å². The average molecular weight is 583 g/mol. The SMILES string of the molecule is Fc1c(Br)cc(Br)c(Oc2ccc(Br)cc2Br)c1Br.